The number of nitrogens with zero attached hydrogens (tertiary/aromatic N) is 2. The summed E-state index contributed by atoms with van der Waals surface area (Å²) in [6.07, 6.45) is 3.72. The molecule has 86 valence electrons. The van der Waals surface area contributed by atoms with Crippen LogP contribution in [0.4, 0.5) is 0 Å². The van der Waals surface area contributed by atoms with Gasteiger partial charge in [-0.2, -0.15) is 0 Å². The van der Waals surface area contributed by atoms with Gasteiger partial charge in [0.25, 0.3) is 0 Å². The lowest BCUT2D eigenvalue weighted by atomic mass is 9.97. The maximum Gasteiger partial charge on any atom is 0.178 e. The molecule has 1 atom stereocenters. The highest BCUT2D eigenvalue weighted by Gasteiger charge is 2.24. The van der Waals surface area contributed by atoms with Crippen LogP contribution >= 0.6 is 0 Å². The van der Waals surface area contributed by atoms with E-state index in [1.54, 1.807) is 6.20 Å². The fraction of sp³-hybridized carbons (Fsp3) is 0.500. The number of aryl methyl sites for hydroxylation is 1. The maximum atomic E-state index is 6.24. The summed E-state index contributed by atoms with van der Waals surface area (Å²) in [5.74, 6) is 0.825. The zero-order chi connectivity index (χ0) is 11.8. The Hall–Kier alpha value is -1.42. The van der Waals surface area contributed by atoms with Crippen LogP contribution in [0.3, 0.4) is 0 Å². The first-order valence-corrected chi connectivity index (χ1v) is 5.65. The van der Waals surface area contributed by atoms with Gasteiger partial charge in [0.1, 0.15) is 5.82 Å². The van der Waals surface area contributed by atoms with E-state index < -0.39 is 5.54 Å². The third kappa shape index (κ3) is 1.80. The van der Waals surface area contributed by atoms with Gasteiger partial charge in [-0.15, -0.1) is 0 Å². The summed E-state index contributed by atoms with van der Waals surface area (Å²) in [6, 6.07) is 1.97. The van der Waals surface area contributed by atoms with Gasteiger partial charge in [-0.25, -0.2) is 9.97 Å². The molecule has 4 heteroatoms. The molecule has 4 nitrogen and oxygen atoms in total. The molecule has 0 saturated heterocycles. The van der Waals surface area contributed by atoms with E-state index in [-0.39, 0.29) is 0 Å². The van der Waals surface area contributed by atoms with Gasteiger partial charge in [0.05, 0.1) is 11.1 Å². The van der Waals surface area contributed by atoms with Crippen LogP contribution in [0.5, 0.6) is 0 Å². The molecule has 2 heterocycles. The van der Waals surface area contributed by atoms with Crippen molar-refractivity contribution in [2.45, 2.75) is 39.2 Å². The van der Waals surface area contributed by atoms with Crippen LogP contribution in [0.25, 0.3) is 11.2 Å². The minimum Gasteiger partial charge on any atom is -0.339 e. The van der Waals surface area contributed by atoms with Gasteiger partial charge >= 0.3 is 0 Å². The van der Waals surface area contributed by atoms with Crippen LogP contribution in [0.2, 0.25) is 0 Å². The van der Waals surface area contributed by atoms with E-state index in [0.29, 0.717) is 0 Å². The molecule has 0 aliphatic carbocycles. The summed E-state index contributed by atoms with van der Waals surface area (Å²) in [5.41, 5.74) is 8.73. The number of rotatable bonds is 3. The van der Waals surface area contributed by atoms with E-state index in [2.05, 4.69) is 21.9 Å². The Morgan fingerprint density at radius 1 is 1.50 bits per heavy atom. The number of nitrogens with one attached hydrogen (secondary N) is 1. The molecule has 16 heavy (non-hydrogen) atoms. The molecular formula is C12H18N4. The average Bonchev–Trinajstić information content (AvgIpc) is 2.63. The second-order valence-corrected chi connectivity index (χ2v) is 4.58. The van der Waals surface area contributed by atoms with Gasteiger partial charge in [0.15, 0.2) is 5.65 Å². The Labute approximate surface area is 95.3 Å². The zero-order valence-corrected chi connectivity index (χ0v) is 10.0. The van der Waals surface area contributed by atoms with E-state index in [9.17, 15) is 0 Å². The molecule has 2 aromatic heterocycles. The Balaban J connectivity index is 2.51. The zero-order valence-electron chi connectivity index (χ0n) is 10.0. The molecule has 0 spiro atoms. The Morgan fingerprint density at radius 2 is 2.25 bits per heavy atom. The minimum atomic E-state index is -0.401. The van der Waals surface area contributed by atoms with E-state index in [0.717, 1.165) is 35.4 Å². The first-order valence-electron chi connectivity index (χ1n) is 5.65. The second-order valence-electron chi connectivity index (χ2n) is 4.58. The van der Waals surface area contributed by atoms with Crippen molar-refractivity contribution in [1.82, 2.24) is 15.0 Å². The molecule has 1 unspecified atom stereocenters. The fourth-order valence-corrected chi connectivity index (χ4v) is 1.94. The van der Waals surface area contributed by atoms with Crippen molar-refractivity contribution in [3.05, 3.63) is 23.7 Å². The maximum absolute atomic E-state index is 6.24. The normalized spacial score (nSPS) is 15.2. The van der Waals surface area contributed by atoms with E-state index in [1.807, 2.05) is 19.9 Å². The predicted molar refractivity (Wildman–Crippen MR) is 65.1 cm³/mol. The van der Waals surface area contributed by atoms with Crippen LogP contribution in [0.15, 0.2) is 12.3 Å². The topological polar surface area (TPSA) is 67.6 Å². The highest BCUT2D eigenvalue weighted by Crippen LogP contribution is 2.23. The molecule has 2 rings (SSSR count). The summed E-state index contributed by atoms with van der Waals surface area (Å²) in [6.45, 7) is 6.17. The molecule has 0 amide bonds. The van der Waals surface area contributed by atoms with Crippen molar-refractivity contribution in [2.24, 2.45) is 5.73 Å². The molecule has 0 radical (unpaired) electrons. The number of hydrogen-bond acceptors (Lipinski definition) is 3. The standard InChI is InChI=1S/C12H18N4/c1-4-6-12(3,13)11-15-9-8(2)5-7-14-10(9)16-11/h5,7H,4,6,13H2,1-3H3,(H,14,15,16). The lowest BCUT2D eigenvalue weighted by Crippen LogP contribution is -2.34. The van der Waals surface area contributed by atoms with Crippen molar-refractivity contribution in [2.75, 3.05) is 0 Å². The number of pyridine rings is 1. The minimum absolute atomic E-state index is 0.401. The molecule has 3 N–H and O–H groups in total. The van der Waals surface area contributed by atoms with Crippen molar-refractivity contribution in [1.29, 1.82) is 0 Å². The molecule has 0 bridgehead atoms. The van der Waals surface area contributed by atoms with Gasteiger partial charge in [-0.05, 0) is 31.9 Å². The number of H-pyrrole nitrogens is 1. The summed E-state index contributed by atoms with van der Waals surface area (Å²) in [7, 11) is 0. The molecule has 0 saturated carbocycles. The van der Waals surface area contributed by atoms with Crippen molar-refractivity contribution in [3.63, 3.8) is 0 Å². The third-order valence-electron chi connectivity index (χ3n) is 2.91. The molecule has 0 aliphatic heterocycles. The molecule has 2 aromatic rings. The van der Waals surface area contributed by atoms with Crippen LogP contribution in [0.1, 0.15) is 38.1 Å². The summed E-state index contributed by atoms with van der Waals surface area (Å²) >= 11 is 0. The number of aromatic amines is 1. The van der Waals surface area contributed by atoms with Gasteiger partial charge in [-0.1, -0.05) is 13.3 Å². The fourth-order valence-electron chi connectivity index (χ4n) is 1.94. The highest BCUT2D eigenvalue weighted by atomic mass is 15.0. The smallest absolute Gasteiger partial charge is 0.178 e. The van der Waals surface area contributed by atoms with Crippen LogP contribution < -0.4 is 5.73 Å². The summed E-state index contributed by atoms with van der Waals surface area (Å²) in [5, 5.41) is 0. The highest BCUT2D eigenvalue weighted by molar-refractivity contribution is 5.74. The largest absolute Gasteiger partial charge is 0.339 e. The van der Waals surface area contributed by atoms with E-state index in [1.165, 1.54) is 0 Å². The Bertz CT molecular complexity index is 499. The number of fused-ring (bicyclic) bond motifs is 1. The Kier molecular flexibility index (Phi) is 2.68. The predicted octanol–water partition coefficient (Wildman–Crippen LogP) is 2.24. The van der Waals surface area contributed by atoms with E-state index >= 15 is 0 Å². The van der Waals surface area contributed by atoms with Gasteiger partial charge in [0.2, 0.25) is 0 Å². The van der Waals surface area contributed by atoms with Crippen molar-refractivity contribution < 1.29 is 0 Å². The third-order valence-corrected chi connectivity index (χ3v) is 2.91. The quantitative estimate of drug-likeness (QED) is 0.830. The number of nitrogens with two attached hydrogens (primary N) is 1. The van der Waals surface area contributed by atoms with Crippen molar-refractivity contribution >= 4 is 11.2 Å². The van der Waals surface area contributed by atoms with Crippen molar-refractivity contribution in [3.8, 4) is 0 Å². The lowest BCUT2D eigenvalue weighted by Gasteiger charge is -2.20. The molecular weight excluding hydrogens is 200 g/mol. The van der Waals surface area contributed by atoms with E-state index in [4.69, 9.17) is 5.73 Å². The summed E-state index contributed by atoms with van der Waals surface area (Å²) < 4.78 is 0. The van der Waals surface area contributed by atoms with Gasteiger partial charge in [-0.3, -0.25) is 0 Å². The second kappa shape index (κ2) is 3.87. The van der Waals surface area contributed by atoms with Crippen LogP contribution in [0, 0.1) is 6.92 Å². The average molecular weight is 218 g/mol. The van der Waals surface area contributed by atoms with Gasteiger partial charge < -0.3 is 10.7 Å². The number of imidazole rings is 1. The first-order chi connectivity index (χ1) is 7.54. The monoisotopic (exact) mass is 218 g/mol. The van der Waals surface area contributed by atoms with Gasteiger partial charge in [0, 0.05) is 6.20 Å². The van der Waals surface area contributed by atoms with Crippen LogP contribution in [-0.2, 0) is 5.54 Å². The molecule has 0 aromatic carbocycles. The Morgan fingerprint density at radius 3 is 2.88 bits per heavy atom. The number of hydrogen-bond donors (Lipinski definition) is 2. The first kappa shape index (κ1) is 11.1. The molecule has 0 fully saturated rings. The molecule has 0 aliphatic rings. The SMILES string of the molecule is CCCC(C)(N)c1nc2nccc(C)c2[nH]1. The summed E-state index contributed by atoms with van der Waals surface area (Å²) in [4.78, 5) is 12.0. The number of aromatic nitrogens is 3. The lowest BCUT2D eigenvalue weighted by molar-refractivity contribution is 0.424. The van der Waals surface area contributed by atoms with Crippen LogP contribution in [-0.4, -0.2) is 15.0 Å².